The van der Waals surface area contributed by atoms with Gasteiger partial charge in [-0.25, -0.2) is 4.98 Å². The number of nitrogens with zero attached hydrogens (tertiary/aromatic N) is 2. The fourth-order valence-corrected chi connectivity index (χ4v) is 5.59. The summed E-state index contributed by atoms with van der Waals surface area (Å²) in [7, 11) is 0. The first-order chi connectivity index (χ1) is 14.1. The highest BCUT2D eigenvalue weighted by atomic mass is 35.5. The molecule has 0 radical (unpaired) electrons. The van der Waals surface area contributed by atoms with Gasteiger partial charge in [0.1, 0.15) is 5.69 Å². The van der Waals surface area contributed by atoms with Crippen LogP contribution < -0.4 is 5.32 Å². The number of piperidine rings is 1. The zero-order chi connectivity index (χ0) is 21.6. The van der Waals surface area contributed by atoms with E-state index in [4.69, 9.17) is 11.6 Å². The fourth-order valence-electron chi connectivity index (χ4n) is 4.49. The van der Waals surface area contributed by atoms with Crippen molar-refractivity contribution < 1.29 is 22.8 Å². The van der Waals surface area contributed by atoms with E-state index in [9.17, 15) is 22.8 Å². The van der Waals surface area contributed by atoms with Crippen LogP contribution >= 0.6 is 22.9 Å². The Morgan fingerprint density at radius 2 is 2.10 bits per heavy atom. The Hall–Kier alpha value is -2.13. The number of amides is 2. The third-order valence-corrected chi connectivity index (χ3v) is 6.98. The summed E-state index contributed by atoms with van der Waals surface area (Å²) in [6.07, 6.45) is -2.58. The number of rotatable bonds is 4. The van der Waals surface area contributed by atoms with Gasteiger partial charge < -0.3 is 10.2 Å². The molecule has 5 nitrogen and oxygen atoms in total. The number of halogens is 4. The number of hydrogen-bond donors (Lipinski definition) is 1. The number of fused-ring (bicyclic) bond motifs is 2. The Balaban J connectivity index is 1.61. The highest BCUT2D eigenvalue weighted by Gasteiger charge is 2.49. The van der Waals surface area contributed by atoms with Crippen molar-refractivity contribution in [3.05, 3.63) is 40.0 Å². The molecule has 2 aromatic rings. The first kappa shape index (κ1) is 21.1. The molecule has 3 atom stereocenters. The Bertz CT molecular complexity index is 994. The van der Waals surface area contributed by atoms with Gasteiger partial charge in [-0.2, -0.15) is 13.2 Å². The number of likely N-dealkylation sites (tertiary alicyclic amines) is 1. The van der Waals surface area contributed by atoms with Crippen LogP contribution in [0.5, 0.6) is 0 Å². The zero-order valence-electron chi connectivity index (χ0n) is 16.0. The molecule has 1 aliphatic heterocycles. The van der Waals surface area contributed by atoms with Gasteiger partial charge in [0.25, 0.3) is 5.91 Å². The molecule has 30 heavy (non-hydrogen) atoms. The van der Waals surface area contributed by atoms with Gasteiger partial charge in [0.05, 0.1) is 15.9 Å². The Morgan fingerprint density at radius 3 is 2.80 bits per heavy atom. The second-order valence-electron chi connectivity index (χ2n) is 7.64. The number of aromatic nitrogens is 1. The minimum atomic E-state index is -4.95. The van der Waals surface area contributed by atoms with Gasteiger partial charge in [0.15, 0.2) is 0 Å². The van der Waals surface area contributed by atoms with Crippen molar-refractivity contribution in [1.82, 2.24) is 15.2 Å². The molecule has 2 bridgehead atoms. The van der Waals surface area contributed by atoms with Crippen LogP contribution in [0.1, 0.15) is 34.8 Å². The minimum Gasteiger partial charge on any atom is -0.346 e. The van der Waals surface area contributed by atoms with Crippen molar-refractivity contribution in [1.29, 1.82) is 0 Å². The summed E-state index contributed by atoms with van der Waals surface area (Å²) >= 11 is 7.47. The van der Waals surface area contributed by atoms with Gasteiger partial charge in [-0.3, -0.25) is 9.59 Å². The number of carbonyl (C=O) groups is 2. The molecular weight excluding hydrogens is 439 g/mol. The minimum absolute atomic E-state index is 0.0514. The average molecular weight is 458 g/mol. The summed E-state index contributed by atoms with van der Waals surface area (Å²) in [6.45, 7) is 1.58. The number of nitrogens with one attached hydrogen (secondary N) is 1. The Morgan fingerprint density at radius 1 is 1.33 bits per heavy atom. The molecule has 0 spiro atoms. The van der Waals surface area contributed by atoms with Gasteiger partial charge >= 0.3 is 12.1 Å². The van der Waals surface area contributed by atoms with E-state index in [1.54, 1.807) is 30.0 Å². The molecule has 2 heterocycles. The van der Waals surface area contributed by atoms with E-state index in [1.807, 2.05) is 11.4 Å². The van der Waals surface area contributed by atoms with E-state index >= 15 is 0 Å². The molecule has 160 valence electrons. The number of hydrogen-bond acceptors (Lipinski definition) is 4. The summed E-state index contributed by atoms with van der Waals surface area (Å²) in [6, 6.07) is 6.59. The maximum atomic E-state index is 13.5. The topological polar surface area (TPSA) is 62.3 Å². The Kier molecular flexibility index (Phi) is 5.52. The lowest BCUT2D eigenvalue weighted by Crippen LogP contribution is -2.52. The van der Waals surface area contributed by atoms with E-state index < -0.39 is 18.1 Å². The van der Waals surface area contributed by atoms with Crippen LogP contribution in [0.2, 0.25) is 5.02 Å². The van der Waals surface area contributed by atoms with Crippen molar-refractivity contribution in [2.24, 2.45) is 5.92 Å². The van der Waals surface area contributed by atoms with Crippen LogP contribution in [0.15, 0.2) is 24.3 Å². The number of aryl methyl sites for hydroxylation is 1. The van der Waals surface area contributed by atoms with Crippen LogP contribution in [0, 0.1) is 12.8 Å². The maximum absolute atomic E-state index is 13.5. The molecule has 1 aromatic carbocycles. The predicted molar refractivity (Wildman–Crippen MR) is 107 cm³/mol. The highest BCUT2D eigenvalue weighted by Crippen LogP contribution is 2.44. The zero-order valence-corrected chi connectivity index (χ0v) is 17.6. The van der Waals surface area contributed by atoms with Gasteiger partial charge in [0, 0.05) is 17.6 Å². The molecule has 1 saturated heterocycles. The fraction of sp³-hybridized carbons (Fsp3) is 0.450. The second-order valence-corrected chi connectivity index (χ2v) is 9.28. The molecule has 2 amide bonds. The summed E-state index contributed by atoms with van der Waals surface area (Å²) in [5.41, 5.74) is 1.04. The van der Waals surface area contributed by atoms with Crippen LogP contribution in [0.3, 0.4) is 0 Å². The van der Waals surface area contributed by atoms with Crippen molar-refractivity contribution in [2.45, 2.75) is 44.4 Å². The largest absolute Gasteiger partial charge is 0.471 e. The van der Waals surface area contributed by atoms with Gasteiger partial charge in [0.2, 0.25) is 0 Å². The first-order valence-electron chi connectivity index (χ1n) is 9.56. The second kappa shape index (κ2) is 7.85. The normalized spacial score (nSPS) is 23.1. The van der Waals surface area contributed by atoms with Crippen molar-refractivity contribution in [3.8, 4) is 10.4 Å². The molecule has 1 aliphatic carbocycles. The lowest BCUT2D eigenvalue weighted by atomic mass is 9.98. The van der Waals surface area contributed by atoms with E-state index in [0.717, 1.165) is 24.8 Å². The third kappa shape index (κ3) is 3.92. The average Bonchev–Trinajstić information content (AvgIpc) is 3.38. The molecular formula is C20H19ClF3N3O2S. The smallest absolute Gasteiger partial charge is 0.346 e. The summed E-state index contributed by atoms with van der Waals surface area (Å²) < 4.78 is 37.8. The molecule has 10 heteroatoms. The van der Waals surface area contributed by atoms with Gasteiger partial charge in [-0.1, -0.05) is 23.7 Å². The number of alkyl halides is 3. The molecule has 1 saturated carbocycles. The molecule has 1 N–H and O–H groups in total. The van der Waals surface area contributed by atoms with Crippen molar-refractivity contribution in [3.63, 3.8) is 0 Å². The van der Waals surface area contributed by atoms with Crippen molar-refractivity contribution >= 4 is 34.8 Å². The van der Waals surface area contributed by atoms with Crippen LogP contribution in [0.25, 0.3) is 10.4 Å². The lowest BCUT2D eigenvalue weighted by Gasteiger charge is -2.35. The summed E-state index contributed by atoms with van der Waals surface area (Å²) in [4.78, 5) is 31.5. The van der Waals surface area contributed by atoms with E-state index in [2.05, 4.69) is 4.98 Å². The lowest BCUT2D eigenvalue weighted by molar-refractivity contribution is -0.173. The Labute approximate surface area is 180 Å². The van der Waals surface area contributed by atoms with Gasteiger partial charge in [-0.15, -0.1) is 11.3 Å². The van der Waals surface area contributed by atoms with E-state index in [-0.39, 0.29) is 30.1 Å². The highest BCUT2D eigenvalue weighted by molar-refractivity contribution is 7.15. The predicted octanol–water partition coefficient (Wildman–Crippen LogP) is 4.44. The molecule has 2 fully saturated rings. The quantitative estimate of drug-likeness (QED) is 0.738. The van der Waals surface area contributed by atoms with Crippen LogP contribution in [-0.4, -0.2) is 46.5 Å². The van der Waals surface area contributed by atoms with E-state index in [0.29, 0.717) is 14.9 Å². The summed E-state index contributed by atoms with van der Waals surface area (Å²) in [5, 5.41) is 3.19. The molecule has 1 unspecified atom stereocenters. The molecule has 4 rings (SSSR count). The SMILES string of the molecule is Cc1nc(C(=O)N2C3CC[C@@H](C3)[C@H]2CNC(=O)C(F)(F)F)c(-c2cccc(Cl)c2)s1. The number of thiazole rings is 1. The number of carbonyl (C=O) groups excluding carboxylic acids is 2. The monoisotopic (exact) mass is 457 g/mol. The first-order valence-corrected chi connectivity index (χ1v) is 10.8. The number of benzene rings is 1. The molecule has 1 aromatic heterocycles. The van der Waals surface area contributed by atoms with Gasteiger partial charge in [-0.05, 0) is 49.8 Å². The van der Waals surface area contributed by atoms with Crippen LogP contribution in [-0.2, 0) is 4.79 Å². The van der Waals surface area contributed by atoms with Crippen LogP contribution in [0.4, 0.5) is 13.2 Å². The maximum Gasteiger partial charge on any atom is 0.471 e. The summed E-state index contributed by atoms with van der Waals surface area (Å²) in [5.74, 6) is -2.23. The van der Waals surface area contributed by atoms with Crippen molar-refractivity contribution in [2.75, 3.05) is 6.54 Å². The molecule has 2 aliphatic rings. The standard InChI is InChI=1S/C20H19ClF3N3O2S/c1-10-26-16(17(30-10)12-3-2-4-13(21)7-12)18(28)27-14-6-5-11(8-14)15(27)9-25-19(29)20(22,23)24/h2-4,7,11,14-15H,5-6,8-9H2,1H3,(H,25,29)/t11-,14?,15+/m0/s1. The van der Waals surface area contributed by atoms with E-state index in [1.165, 1.54) is 11.3 Å². The third-order valence-electron chi connectivity index (χ3n) is 5.73.